The lowest BCUT2D eigenvalue weighted by atomic mass is 10.1. The van der Waals surface area contributed by atoms with Gasteiger partial charge in [-0.15, -0.1) is 0 Å². The van der Waals surface area contributed by atoms with Crippen molar-refractivity contribution < 1.29 is 0 Å². The summed E-state index contributed by atoms with van der Waals surface area (Å²) in [4.78, 5) is 9.03. The summed E-state index contributed by atoms with van der Waals surface area (Å²) in [7, 11) is 0. The summed E-state index contributed by atoms with van der Waals surface area (Å²) < 4.78 is 2.17. The van der Waals surface area contributed by atoms with E-state index < -0.39 is 0 Å². The van der Waals surface area contributed by atoms with E-state index in [0.717, 1.165) is 42.7 Å². The van der Waals surface area contributed by atoms with Crippen molar-refractivity contribution in [2.45, 2.75) is 72.0 Å². The highest BCUT2D eigenvalue weighted by Crippen LogP contribution is 2.21. The summed E-state index contributed by atoms with van der Waals surface area (Å²) in [5.74, 6) is 0.534. The normalized spacial score (nSPS) is 12.0. The summed E-state index contributed by atoms with van der Waals surface area (Å²) in [6, 6.07) is 10.9. The van der Waals surface area contributed by atoms with Gasteiger partial charge in [0.25, 0.3) is 0 Å². The second kappa shape index (κ2) is 8.74. The molecule has 0 bridgehead atoms. The third-order valence-electron chi connectivity index (χ3n) is 4.92. The Morgan fingerprint density at radius 3 is 2.46 bits per heavy atom. The summed E-state index contributed by atoms with van der Waals surface area (Å²) in [5.41, 5.74) is 11.8. The van der Waals surface area contributed by atoms with Gasteiger partial charge in [-0.25, -0.2) is 9.97 Å². The van der Waals surface area contributed by atoms with Crippen molar-refractivity contribution in [1.29, 1.82) is 0 Å². The largest absolute Gasteiger partial charge is 0.382 e. The van der Waals surface area contributed by atoms with Crippen molar-refractivity contribution >= 4 is 16.9 Å². The molecule has 0 saturated heterocycles. The number of nitrogens with two attached hydrogens (primary N) is 1. The van der Waals surface area contributed by atoms with Gasteiger partial charge in [-0.2, -0.15) is 0 Å². The number of unbranched alkanes of at least 4 members (excludes halogenated alkanes) is 2. The zero-order valence-corrected chi connectivity index (χ0v) is 17.6. The van der Waals surface area contributed by atoms with Crippen LogP contribution in [0.25, 0.3) is 11.0 Å². The fourth-order valence-corrected chi connectivity index (χ4v) is 3.27. The Morgan fingerprint density at radius 1 is 1.07 bits per heavy atom. The SMILES string of the molecule is CCCCCc1cc2c(ncn2Cc2ccc(CNC(C)(C)C)cc2)c(N)n1. The van der Waals surface area contributed by atoms with Crippen LogP contribution in [0, 0.1) is 0 Å². The molecule has 5 nitrogen and oxygen atoms in total. The average Bonchev–Trinajstić information content (AvgIpc) is 3.04. The topological polar surface area (TPSA) is 68.8 Å². The molecule has 2 heterocycles. The standard InChI is InChI=1S/C23H33N5/c1-5-6-7-8-19-13-20-21(22(24)27-19)25-16-28(20)15-18-11-9-17(10-12-18)14-26-23(2,3)4/h9-13,16,26H,5-8,14-15H2,1-4H3,(H2,24,27). The Morgan fingerprint density at radius 2 is 1.79 bits per heavy atom. The molecule has 0 radical (unpaired) electrons. The number of rotatable bonds is 8. The number of hydrogen-bond acceptors (Lipinski definition) is 4. The number of aromatic nitrogens is 3. The zero-order chi connectivity index (χ0) is 20.1. The Balaban J connectivity index is 1.74. The minimum atomic E-state index is 0.122. The molecule has 28 heavy (non-hydrogen) atoms. The van der Waals surface area contributed by atoms with Crippen LogP contribution in [-0.2, 0) is 19.5 Å². The molecule has 0 aliphatic rings. The molecule has 0 fully saturated rings. The predicted molar refractivity (Wildman–Crippen MR) is 117 cm³/mol. The molecule has 3 N–H and O–H groups in total. The van der Waals surface area contributed by atoms with Crippen molar-refractivity contribution in [3.8, 4) is 0 Å². The Kier molecular flexibility index (Phi) is 6.35. The first-order valence-electron chi connectivity index (χ1n) is 10.3. The molecule has 1 aromatic carbocycles. The molecule has 0 spiro atoms. The molecule has 0 saturated carbocycles. The molecule has 0 amide bonds. The van der Waals surface area contributed by atoms with E-state index in [4.69, 9.17) is 5.73 Å². The van der Waals surface area contributed by atoms with Gasteiger partial charge in [-0.05, 0) is 50.8 Å². The Bertz CT molecular complexity index is 903. The molecule has 3 aromatic rings. The minimum absolute atomic E-state index is 0.122. The fourth-order valence-electron chi connectivity index (χ4n) is 3.27. The van der Waals surface area contributed by atoms with Gasteiger partial charge < -0.3 is 15.6 Å². The van der Waals surface area contributed by atoms with Gasteiger partial charge in [0.1, 0.15) is 5.52 Å². The van der Waals surface area contributed by atoms with Crippen LogP contribution in [0.1, 0.15) is 63.8 Å². The third kappa shape index (κ3) is 5.32. The summed E-state index contributed by atoms with van der Waals surface area (Å²) >= 11 is 0. The number of nitrogens with zero attached hydrogens (tertiary/aromatic N) is 3. The van der Waals surface area contributed by atoms with Crippen LogP contribution in [0.2, 0.25) is 0 Å². The number of benzene rings is 1. The molecule has 0 aliphatic carbocycles. The molecule has 0 atom stereocenters. The van der Waals surface area contributed by atoms with Gasteiger partial charge in [0, 0.05) is 24.3 Å². The lowest BCUT2D eigenvalue weighted by Crippen LogP contribution is -2.35. The van der Waals surface area contributed by atoms with E-state index in [1.165, 1.54) is 24.0 Å². The number of anilines is 1. The van der Waals surface area contributed by atoms with Crippen LogP contribution >= 0.6 is 0 Å². The fraction of sp³-hybridized carbons (Fsp3) is 0.478. The molecule has 150 valence electrons. The quantitative estimate of drug-likeness (QED) is 0.558. The number of nitrogen functional groups attached to an aromatic ring is 1. The molecule has 0 unspecified atom stereocenters. The highest BCUT2D eigenvalue weighted by molar-refractivity contribution is 5.85. The molecule has 3 rings (SSSR count). The van der Waals surface area contributed by atoms with Gasteiger partial charge in [-0.3, -0.25) is 0 Å². The van der Waals surface area contributed by atoms with Crippen LogP contribution in [0.4, 0.5) is 5.82 Å². The molecule has 0 aliphatic heterocycles. The van der Waals surface area contributed by atoms with E-state index in [-0.39, 0.29) is 5.54 Å². The smallest absolute Gasteiger partial charge is 0.151 e. The maximum atomic E-state index is 6.16. The number of nitrogens with one attached hydrogen (secondary N) is 1. The Labute approximate surface area is 168 Å². The lowest BCUT2D eigenvalue weighted by Gasteiger charge is -2.20. The second-order valence-corrected chi connectivity index (χ2v) is 8.62. The highest BCUT2D eigenvalue weighted by Gasteiger charge is 2.11. The number of imidazole rings is 1. The van der Waals surface area contributed by atoms with Crippen LogP contribution in [0.15, 0.2) is 36.7 Å². The lowest BCUT2D eigenvalue weighted by molar-refractivity contribution is 0.424. The monoisotopic (exact) mass is 379 g/mol. The third-order valence-corrected chi connectivity index (χ3v) is 4.92. The van der Waals surface area contributed by atoms with Gasteiger partial charge in [0.2, 0.25) is 0 Å². The summed E-state index contributed by atoms with van der Waals surface area (Å²) in [6.07, 6.45) is 6.40. The van der Waals surface area contributed by atoms with Crippen molar-refractivity contribution in [2.24, 2.45) is 0 Å². The van der Waals surface area contributed by atoms with Crippen LogP contribution < -0.4 is 11.1 Å². The van der Waals surface area contributed by atoms with E-state index in [0.29, 0.717) is 5.82 Å². The second-order valence-electron chi connectivity index (χ2n) is 8.62. The first kappa shape index (κ1) is 20.3. The van der Waals surface area contributed by atoms with E-state index in [1.807, 2.05) is 6.33 Å². The van der Waals surface area contributed by atoms with Gasteiger partial charge >= 0.3 is 0 Å². The van der Waals surface area contributed by atoms with Crippen molar-refractivity contribution in [1.82, 2.24) is 19.9 Å². The van der Waals surface area contributed by atoms with Crippen molar-refractivity contribution in [3.63, 3.8) is 0 Å². The zero-order valence-electron chi connectivity index (χ0n) is 17.6. The number of hydrogen-bond donors (Lipinski definition) is 2. The van der Waals surface area contributed by atoms with E-state index in [2.05, 4.69) is 77.9 Å². The van der Waals surface area contributed by atoms with E-state index in [9.17, 15) is 0 Å². The average molecular weight is 380 g/mol. The highest BCUT2D eigenvalue weighted by atomic mass is 15.1. The van der Waals surface area contributed by atoms with Crippen molar-refractivity contribution in [2.75, 3.05) is 5.73 Å². The van der Waals surface area contributed by atoms with Crippen LogP contribution in [0.3, 0.4) is 0 Å². The van der Waals surface area contributed by atoms with E-state index >= 15 is 0 Å². The van der Waals surface area contributed by atoms with Gasteiger partial charge in [0.05, 0.1) is 11.8 Å². The van der Waals surface area contributed by atoms with Crippen LogP contribution in [0.5, 0.6) is 0 Å². The van der Waals surface area contributed by atoms with Gasteiger partial charge in [0.15, 0.2) is 5.82 Å². The molecule has 2 aromatic heterocycles. The maximum absolute atomic E-state index is 6.16. The first-order valence-corrected chi connectivity index (χ1v) is 10.3. The van der Waals surface area contributed by atoms with E-state index in [1.54, 1.807) is 0 Å². The maximum Gasteiger partial charge on any atom is 0.151 e. The van der Waals surface area contributed by atoms with Crippen molar-refractivity contribution in [3.05, 3.63) is 53.5 Å². The molecular weight excluding hydrogens is 346 g/mol. The number of fused-ring (bicyclic) bond motifs is 1. The molecule has 5 heteroatoms. The summed E-state index contributed by atoms with van der Waals surface area (Å²) in [5, 5.41) is 3.52. The van der Waals surface area contributed by atoms with Gasteiger partial charge in [-0.1, -0.05) is 44.0 Å². The number of pyridine rings is 1. The Hall–Kier alpha value is -2.40. The predicted octanol–water partition coefficient (Wildman–Crippen LogP) is 4.68. The summed E-state index contributed by atoms with van der Waals surface area (Å²) in [6.45, 7) is 10.4. The minimum Gasteiger partial charge on any atom is -0.382 e. The first-order chi connectivity index (χ1) is 13.4. The number of aryl methyl sites for hydroxylation is 1. The molecular formula is C23H33N5. The van der Waals surface area contributed by atoms with Crippen LogP contribution in [-0.4, -0.2) is 20.1 Å².